The van der Waals surface area contributed by atoms with Crippen LogP contribution in [0.4, 0.5) is 8.78 Å². The summed E-state index contributed by atoms with van der Waals surface area (Å²) in [5.41, 5.74) is -1.65. The minimum atomic E-state index is -2.58. The molecule has 1 spiro atoms. The molecule has 1 aliphatic heterocycles. The summed E-state index contributed by atoms with van der Waals surface area (Å²) in [4.78, 5) is 0. The average molecular weight is 200 g/mol. The van der Waals surface area contributed by atoms with Crippen LogP contribution in [0.25, 0.3) is 0 Å². The van der Waals surface area contributed by atoms with E-state index in [1.807, 2.05) is 0 Å². The van der Waals surface area contributed by atoms with Crippen LogP contribution in [0, 0.1) is 5.41 Å². The molecule has 2 nitrogen and oxygen atoms in total. The maximum Gasteiger partial charge on any atom is 0.266 e. The van der Waals surface area contributed by atoms with Gasteiger partial charge in [-0.3, -0.25) is 0 Å². The summed E-state index contributed by atoms with van der Waals surface area (Å²) in [6.45, 7) is 1.59. The molecule has 1 aliphatic carbocycles. The molecule has 0 aromatic heterocycles. The second-order valence-corrected chi connectivity index (χ2v) is 3.86. The molecule has 0 atom stereocenters. The van der Waals surface area contributed by atoms with E-state index in [0.717, 1.165) is 13.1 Å². The van der Waals surface area contributed by atoms with Gasteiger partial charge in [0.25, 0.3) is 6.43 Å². The summed E-state index contributed by atoms with van der Waals surface area (Å²) < 4.78 is 24.2. The maximum atomic E-state index is 12.1. The summed E-state index contributed by atoms with van der Waals surface area (Å²) in [6, 6.07) is 0. The Kier molecular flexibility index (Phi) is 2.36. The topological polar surface area (TPSA) is 32.3 Å². The molecule has 0 radical (unpaired) electrons. The van der Waals surface area contributed by atoms with Crippen molar-refractivity contribution in [1.29, 1.82) is 0 Å². The normalized spacial score (nSPS) is 29.0. The van der Waals surface area contributed by atoms with Crippen molar-refractivity contribution < 1.29 is 13.9 Å². The zero-order valence-corrected chi connectivity index (χ0v) is 7.33. The molecular formula is C7H12ClF2NO. The van der Waals surface area contributed by atoms with E-state index < -0.39 is 12.0 Å². The maximum absolute atomic E-state index is 12.1. The smallest absolute Gasteiger partial charge is 0.266 e. The fourth-order valence-electron chi connectivity index (χ4n) is 2.13. The lowest BCUT2D eigenvalue weighted by atomic mass is 9.56. The Bertz CT molecular complexity index is 176. The van der Waals surface area contributed by atoms with E-state index in [9.17, 15) is 13.9 Å². The number of hydrogen-bond acceptors (Lipinski definition) is 2. The Morgan fingerprint density at radius 3 is 2.00 bits per heavy atom. The Morgan fingerprint density at radius 2 is 1.75 bits per heavy atom. The fraction of sp³-hybridized carbons (Fsp3) is 1.00. The predicted molar refractivity (Wildman–Crippen MR) is 42.7 cm³/mol. The Morgan fingerprint density at radius 1 is 1.25 bits per heavy atom. The molecule has 2 fully saturated rings. The summed E-state index contributed by atoms with van der Waals surface area (Å²) >= 11 is 0. The lowest BCUT2D eigenvalue weighted by Crippen LogP contribution is -2.68. The Labute approximate surface area is 75.7 Å². The molecule has 12 heavy (non-hydrogen) atoms. The fourth-order valence-corrected chi connectivity index (χ4v) is 2.13. The molecule has 72 valence electrons. The van der Waals surface area contributed by atoms with Gasteiger partial charge in [0.2, 0.25) is 0 Å². The first-order valence-corrected chi connectivity index (χ1v) is 3.78. The lowest BCUT2D eigenvalue weighted by Gasteiger charge is -2.58. The Hall–Kier alpha value is 0.0700. The van der Waals surface area contributed by atoms with Crippen LogP contribution >= 0.6 is 12.4 Å². The van der Waals surface area contributed by atoms with Crippen LogP contribution in [0.3, 0.4) is 0 Å². The highest BCUT2D eigenvalue weighted by molar-refractivity contribution is 5.85. The monoisotopic (exact) mass is 199 g/mol. The van der Waals surface area contributed by atoms with E-state index >= 15 is 0 Å². The Balaban J connectivity index is 0.000000720. The third-order valence-electron chi connectivity index (χ3n) is 2.77. The first-order valence-electron chi connectivity index (χ1n) is 3.78. The molecule has 0 aromatic carbocycles. The molecule has 0 amide bonds. The highest BCUT2D eigenvalue weighted by Crippen LogP contribution is 2.53. The number of halogens is 3. The van der Waals surface area contributed by atoms with Gasteiger partial charge in [0, 0.05) is 18.5 Å². The van der Waals surface area contributed by atoms with Crippen molar-refractivity contribution in [3.8, 4) is 0 Å². The van der Waals surface area contributed by atoms with Gasteiger partial charge >= 0.3 is 0 Å². The van der Waals surface area contributed by atoms with Gasteiger partial charge in [-0.05, 0) is 12.8 Å². The van der Waals surface area contributed by atoms with Gasteiger partial charge in [0.15, 0.2) is 0 Å². The van der Waals surface area contributed by atoms with Crippen molar-refractivity contribution in [2.24, 2.45) is 5.41 Å². The van der Waals surface area contributed by atoms with Crippen LogP contribution in [-0.4, -0.2) is 30.2 Å². The van der Waals surface area contributed by atoms with Crippen LogP contribution in [0.2, 0.25) is 0 Å². The molecule has 2 aliphatic rings. The van der Waals surface area contributed by atoms with Gasteiger partial charge in [-0.15, -0.1) is 12.4 Å². The van der Waals surface area contributed by atoms with Crippen molar-refractivity contribution in [2.75, 3.05) is 13.1 Å². The quantitative estimate of drug-likeness (QED) is 0.655. The first-order chi connectivity index (χ1) is 5.06. The molecule has 1 heterocycles. The second kappa shape index (κ2) is 2.79. The molecule has 0 bridgehead atoms. The van der Waals surface area contributed by atoms with Crippen molar-refractivity contribution in [3.05, 3.63) is 0 Å². The highest BCUT2D eigenvalue weighted by Gasteiger charge is 2.60. The second-order valence-electron chi connectivity index (χ2n) is 3.86. The van der Waals surface area contributed by atoms with Crippen molar-refractivity contribution in [2.45, 2.75) is 24.9 Å². The van der Waals surface area contributed by atoms with E-state index in [1.165, 1.54) is 0 Å². The molecule has 1 saturated carbocycles. The van der Waals surface area contributed by atoms with Crippen molar-refractivity contribution >= 4 is 12.4 Å². The van der Waals surface area contributed by atoms with E-state index in [2.05, 4.69) is 5.32 Å². The largest absolute Gasteiger partial charge is 0.384 e. The summed E-state index contributed by atoms with van der Waals surface area (Å²) in [6.07, 6.45) is -2.04. The number of hydrogen-bond donors (Lipinski definition) is 2. The third-order valence-corrected chi connectivity index (χ3v) is 2.77. The standard InChI is InChI=1S/C7H11F2NO.ClH/c8-5(9)7(11)1-6(2-7)3-10-4-6;/h5,10-11H,1-4H2;1H. The third kappa shape index (κ3) is 1.22. The van der Waals surface area contributed by atoms with Gasteiger partial charge in [-0.25, -0.2) is 8.78 Å². The molecule has 2 N–H and O–H groups in total. The van der Waals surface area contributed by atoms with Crippen LogP contribution in [0.15, 0.2) is 0 Å². The first kappa shape index (κ1) is 10.2. The average Bonchev–Trinajstić information content (AvgIpc) is 1.75. The number of aliphatic hydroxyl groups is 1. The van der Waals surface area contributed by atoms with E-state index in [-0.39, 0.29) is 30.7 Å². The molecule has 5 heteroatoms. The van der Waals surface area contributed by atoms with Gasteiger partial charge in [-0.1, -0.05) is 0 Å². The summed E-state index contributed by atoms with van der Waals surface area (Å²) in [7, 11) is 0. The van der Waals surface area contributed by atoms with Gasteiger partial charge in [0.1, 0.15) is 5.60 Å². The number of nitrogens with one attached hydrogen (secondary N) is 1. The lowest BCUT2D eigenvalue weighted by molar-refractivity contribution is -0.215. The van der Waals surface area contributed by atoms with Crippen LogP contribution < -0.4 is 5.32 Å². The van der Waals surface area contributed by atoms with Crippen LogP contribution in [-0.2, 0) is 0 Å². The molecule has 1 saturated heterocycles. The minimum absolute atomic E-state index is 0. The molecule has 0 unspecified atom stereocenters. The molecule has 2 rings (SSSR count). The summed E-state index contributed by atoms with van der Waals surface area (Å²) in [5.74, 6) is 0. The van der Waals surface area contributed by atoms with Crippen LogP contribution in [0.5, 0.6) is 0 Å². The van der Waals surface area contributed by atoms with Crippen molar-refractivity contribution in [3.63, 3.8) is 0 Å². The van der Waals surface area contributed by atoms with Crippen LogP contribution in [0.1, 0.15) is 12.8 Å². The van der Waals surface area contributed by atoms with E-state index in [1.54, 1.807) is 0 Å². The molecule has 0 aromatic rings. The summed E-state index contributed by atoms with van der Waals surface area (Å²) in [5, 5.41) is 12.2. The van der Waals surface area contributed by atoms with Gasteiger partial charge in [-0.2, -0.15) is 0 Å². The minimum Gasteiger partial charge on any atom is -0.384 e. The van der Waals surface area contributed by atoms with E-state index in [4.69, 9.17) is 0 Å². The van der Waals surface area contributed by atoms with Gasteiger partial charge in [0.05, 0.1) is 0 Å². The zero-order valence-electron chi connectivity index (χ0n) is 6.52. The number of alkyl halides is 2. The van der Waals surface area contributed by atoms with Gasteiger partial charge < -0.3 is 10.4 Å². The highest BCUT2D eigenvalue weighted by atomic mass is 35.5. The zero-order chi connectivity index (χ0) is 8.11. The number of rotatable bonds is 1. The predicted octanol–water partition coefficient (Wildman–Crippen LogP) is 0.788. The molecular weight excluding hydrogens is 188 g/mol. The van der Waals surface area contributed by atoms with Crippen molar-refractivity contribution in [1.82, 2.24) is 5.32 Å². The SMILES string of the molecule is Cl.OC1(C(F)F)CC2(CNC2)C1. The van der Waals surface area contributed by atoms with E-state index in [0.29, 0.717) is 0 Å².